The van der Waals surface area contributed by atoms with E-state index in [4.69, 9.17) is 14.2 Å². The Morgan fingerprint density at radius 2 is 1.90 bits per heavy atom. The summed E-state index contributed by atoms with van der Waals surface area (Å²) in [7, 11) is 2.94. The summed E-state index contributed by atoms with van der Waals surface area (Å²) in [4.78, 5) is 4.05. The van der Waals surface area contributed by atoms with E-state index in [0.29, 0.717) is 27.2 Å². The highest BCUT2D eigenvalue weighted by Crippen LogP contribution is 2.32. The summed E-state index contributed by atoms with van der Waals surface area (Å²) in [5, 5.41) is 0. The molecule has 0 amide bonds. The first kappa shape index (κ1) is 15.6. The van der Waals surface area contributed by atoms with Crippen LogP contribution in [-0.2, 0) is 6.61 Å². The second-order valence-electron chi connectivity index (χ2n) is 4.30. The summed E-state index contributed by atoms with van der Waals surface area (Å²) in [5.41, 5.74) is 1.08. The Morgan fingerprint density at radius 1 is 1.19 bits per heavy atom. The van der Waals surface area contributed by atoms with Crippen LogP contribution < -0.4 is 14.2 Å². The second-order valence-corrected chi connectivity index (χ2v) is 5.12. The molecular weight excluding hydrogens is 341 g/mol. The summed E-state index contributed by atoms with van der Waals surface area (Å²) >= 11 is 3.24. The normalized spacial score (nSPS) is 10.3. The van der Waals surface area contributed by atoms with Crippen LogP contribution in [0.5, 0.6) is 17.2 Å². The molecule has 0 atom stereocenters. The largest absolute Gasteiger partial charge is 0.496 e. The van der Waals surface area contributed by atoms with Gasteiger partial charge in [-0.25, -0.2) is 9.37 Å². The molecule has 0 bridgehead atoms. The van der Waals surface area contributed by atoms with Gasteiger partial charge in [0.1, 0.15) is 22.7 Å². The van der Waals surface area contributed by atoms with Crippen LogP contribution in [0.4, 0.5) is 4.39 Å². The molecule has 2 aromatic rings. The van der Waals surface area contributed by atoms with Gasteiger partial charge in [0.15, 0.2) is 11.6 Å². The molecule has 0 unspecified atom stereocenters. The summed E-state index contributed by atoms with van der Waals surface area (Å²) in [6.07, 6.45) is 1.56. The lowest BCUT2D eigenvalue weighted by molar-refractivity contribution is 0.291. The van der Waals surface area contributed by atoms with Crippen molar-refractivity contribution in [2.24, 2.45) is 0 Å². The van der Waals surface area contributed by atoms with Gasteiger partial charge in [-0.05, 0) is 35.0 Å². The summed E-state index contributed by atoms with van der Waals surface area (Å²) in [6, 6.07) is 5.03. The van der Waals surface area contributed by atoms with E-state index >= 15 is 0 Å². The summed E-state index contributed by atoms with van der Waals surface area (Å²) < 4.78 is 30.9. The van der Waals surface area contributed by atoms with Gasteiger partial charge in [0, 0.05) is 17.2 Å². The van der Waals surface area contributed by atoms with E-state index in [0.717, 1.165) is 0 Å². The zero-order valence-electron chi connectivity index (χ0n) is 11.9. The van der Waals surface area contributed by atoms with E-state index < -0.39 is 5.82 Å². The molecule has 1 heterocycles. The van der Waals surface area contributed by atoms with Crippen LogP contribution in [0.3, 0.4) is 0 Å². The van der Waals surface area contributed by atoms with Gasteiger partial charge >= 0.3 is 0 Å². The van der Waals surface area contributed by atoms with Crippen molar-refractivity contribution in [2.75, 3.05) is 14.2 Å². The van der Waals surface area contributed by atoms with Gasteiger partial charge in [0.25, 0.3) is 0 Å². The maximum Gasteiger partial charge on any atom is 0.172 e. The topological polar surface area (TPSA) is 40.6 Å². The first-order chi connectivity index (χ1) is 10.1. The molecule has 0 saturated carbocycles. The number of ether oxygens (including phenoxy) is 3. The highest BCUT2D eigenvalue weighted by atomic mass is 79.9. The molecule has 0 aliphatic carbocycles. The van der Waals surface area contributed by atoms with Crippen molar-refractivity contribution in [3.8, 4) is 17.2 Å². The van der Waals surface area contributed by atoms with E-state index in [2.05, 4.69) is 20.9 Å². The van der Waals surface area contributed by atoms with Crippen LogP contribution >= 0.6 is 15.9 Å². The smallest absolute Gasteiger partial charge is 0.172 e. The Bertz CT molecular complexity index is 604. The van der Waals surface area contributed by atoms with Crippen molar-refractivity contribution in [3.63, 3.8) is 0 Å². The molecule has 0 fully saturated rings. The maximum absolute atomic E-state index is 14.3. The Kier molecular flexibility index (Phi) is 5.01. The predicted molar refractivity (Wildman–Crippen MR) is 80.5 cm³/mol. The zero-order valence-corrected chi connectivity index (χ0v) is 13.5. The number of hydrogen-bond donors (Lipinski definition) is 0. The van der Waals surface area contributed by atoms with Crippen molar-refractivity contribution in [1.29, 1.82) is 0 Å². The Labute approximate surface area is 131 Å². The summed E-state index contributed by atoms with van der Waals surface area (Å²) in [6.45, 7) is 1.84. The molecule has 2 rings (SSSR count). The van der Waals surface area contributed by atoms with Crippen LogP contribution in [-0.4, -0.2) is 19.2 Å². The molecule has 1 aromatic carbocycles. The monoisotopic (exact) mass is 355 g/mol. The molecule has 0 N–H and O–H groups in total. The fourth-order valence-corrected chi connectivity index (χ4v) is 2.12. The standard InChI is InChI=1S/C15H15BrFNO3/c1-9-11(8-21-10-4-5-14(16)18-7-10)15(17)13(20-3)6-12(9)19-2/h4-7H,8H2,1-3H3. The van der Waals surface area contributed by atoms with Crippen LogP contribution in [0.25, 0.3) is 0 Å². The number of pyridine rings is 1. The van der Waals surface area contributed by atoms with Crippen LogP contribution in [0.2, 0.25) is 0 Å². The molecule has 0 aliphatic heterocycles. The van der Waals surface area contributed by atoms with Crippen molar-refractivity contribution in [1.82, 2.24) is 4.98 Å². The first-order valence-corrected chi connectivity index (χ1v) is 7.00. The summed E-state index contributed by atoms with van der Waals surface area (Å²) in [5.74, 6) is 0.797. The molecule has 0 saturated heterocycles. The lowest BCUT2D eigenvalue weighted by Crippen LogP contribution is -2.05. The third-order valence-electron chi connectivity index (χ3n) is 3.09. The van der Waals surface area contributed by atoms with Crippen molar-refractivity contribution in [2.45, 2.75) is 13.5 Å². The molecule has 112 valence electrons. The van der Waals surface area contributed by atoms with E-state index in [9.17, 15) is 4.39 Å². The van der Waals surface area contributed by atoms with E-state index in [1.807, 2.05) is 0 Å². The minimum Gasteiger partial charge on any atom is -0.496 e. The third-order valence-corrected chi connectivity index (χ3v) is 3.56. The molecule has 0 radical (unpaired) electrons. The quantitative estimate of drug-likeness (QED) is 0.763. The maximum atomic E-state index is 14.3. The molecule has 1 aromatic heterocycles. The fraction of sp³-hybridized carbons (Fsp3) is 0.267. The number of methoxy groups -OCH3 is 2. The molecule has 4 nitrogen and oxygen atoms in total. The number of aromatic nitrogens is 1. The predicted octanol–water partition coefficient (Wildman–Crippen LogP) is 3.89. The Hall–Kier alpha value is -1.82. The Morgan fingerprint density at radius 3 is 2.48 bits per heavy atom. The van der Waals surface area contributed by atoms with Crippen molar-refractivity contribution >= 4 is 15.9 Å². The molecule has 0 aliphatic rings. The van der Waals surface area contributed by atoms with Gasteiger partial charge in [-0.15, -0.1) is 0 Å². The number of benzene rings is 1. The highest BCUT2D eigenvalue weighted by Gasteiger charge is 2.17. The van der Waals surface area contributed by atoms with Crippen LogP contribution in [0, 0.1) is 12.7 Å². The highest BCUT2D eigenvalue weighted by molar-refractivity contribution is 9.10. The first-order valence-electron chi connectivity index (χ1n) is 6.21. The average Bonchev–Trinajstić information content (AvgIpc) is 2.49. The van der Waals surface area contributed by atoms with Gasteiger partial charge in [-0.3, -0.25) is 0 Å². The fourth-order valence-electron chi connectivity index (χ4n) is 1.89. The van der Waals surface area contributed by atoms with Gasteiger partial charge in [0.2, 0.25) is 0 Å². The molecule has 21 heavy (non-hydrogen) atoms. The van der Waals surface area contributed by atoms with E-state index in [-0.39, 0.29) is 12.4 Å². The SMILES string of the molecule is COc1cc(OC)c(F)c(COc2ccc(Br)nc2)c1C. The minimum atomic E-state index is -0.444. The lowest BCUT2D eigenvalue weighted by atomic mass is 10.1. The number of halogens is 2. The lowest BCUT2D eigenvalue weighted by Gasteiger charge is -2.15. The second kappa shape index (κ2) is 6.76. The average molecular weight is 356 g/mol. The van der Waals surface area contributed by atoms with Gasteiger partial charge in [-0.2, -0.15) is 0 Å². The zero-order chi connectivity index (χ0) is 15.4. The van der Waals surface area contributed by atoms with Gasteiger partial charge in [0.05, 0.1) is 20.4 Å². The molecule has 0 spiro atoms. The van der Waals surface area contributed by atoms with Crippen LogP contribution in [0.1, 0.15) is 11.1 Å². The van der Waals surface area contributed by atoms with Crippen molar-refractivity contribution < 1.29 is 18.6 Å². The van der Waals surface area contributed by atoms with E-state index in [1.54, 1.807) is 25.3 Å². The number of nitrogens with zero attached hydrogens (tertiary/aromatic N) is 1. The van der Waals surface area contributed by atoms with Crippen molar-refractivity contribution in [3.05, 3.63) is 45.9 Å². The molecule has 6 heteroatoms. The Balaban J connectivity index is 2.28. The number of hydrogen-bond acceptors (Lipinski definition) is 4. The number of rotatable bonds is 5. The van der Waals surface area contributed by atoms with Gasteiger partial charge in [-0.1, -0.05) is 0 Å². The van der Waals surface area contributed by atoms with Gasteiger partial charge < -0.3 is 14.2 Å². The molecular formula is C15H15BrFNO3. The van der Waals surface area contributed by atoms with E-state index in [1.165, 1.54) is 20.3 Å². The van der Waals surface area contributed by atoms with Crippen LogP contribution in [0.15, 0.2) is 29.0 Å². The minimum absolute atomic E-state index is 0.0640. The third kappa shape index (κ3) is 3.44.